The van der Waals surface area contributed by atoms with Crippen LogP contribution in [0.15, 0.2) is 24.3 Å². The molecule has 140 valence electrons. The van der Waals surface area contributed by atoms with E-state index in [0.717, 1.165) is 5.56 Å². The fraction of sp³-hybridized carbons (Fsp3) is 0.556. The van der Waals surface area contributed by atoms with Gasteiger partial charge < -0.3 is 20.3 Å². The SMILES string of the molecule is CNCCC(=O)NCc1ccc(C(=O)N2CC(C)OC(C)C2)cc1.Cl. The van der Waals surface area contributed by atoms with Gasteiger partial charge in [-0.05, 0) is 38.6 Å². The lowest BCUT2D eigenvalue weighted by Gasteiger charge is -2.35. The van der Waals surface area contributed by atoms with Gasteiger partial charge in [-0.3, -0.25) is 9.59 Å². The number of benzene rings is 1. The Morgan fingerprint density at radius 3 is 2.32 bits per heavy atom. The summed E-state index contributed by atoms with van der Waals surface area (Å²) in [5.74, 6) is 0.0439. The summed E-state index contributed by atoms with van der Waals surface area (Å²) in [6.45, 7) is 6.34. The molecule has 0 spiro atoms. The van der Waals surface area contributed by atoms with E-state index in [1.165, 1.54) is 0 Å². The van der Waals surface area contributed by atoms with Crippen LogP contribution in [0.4, 0.5) is 0 Å². The standard InChI is InChI=1S/C18H27N3O3.ClH/c1-13-11-21(12-14(2)24-13)18(23)16-6-4-15(5-7-16)10-20-17(22)8-9-19-3;/h4-7,13-14,19H,8-12H2,1-3H3,(H,20,22);1H. The monoisotopic (exact) mass is 369 g/mol. The van der Waals surface area contributed by atoms with Gasteiger partial charge in [0.2, 0.25) is 5.91 Å². The molecule has 2 unspecified atom stereocenters. The molecular weight excluding hydrogens is 342 g/mol. The zero-order chi connectivity index (χ0) is 17.5. The van der Waals surface area contributed by atoms with Crippen LogP contribution in [-0.4, -0.2) is 55.6 Å². The first kappa shape index (κ1) is 21.4. The third-order valence-corrected chi connectivity index (χ3v) is 4.00. The molecule has 1 saturated heterocycles. The van der Waals surface area contributed by atoms with E-state index in [2.05, 4.69) is 10.6 Å². The van der Waals surface area contributed by atoms with Gasteiger partial charge in [0.15, 0.2) is 0 Å². The molecule has 25 heavy (non-hydrogen) atoms. The normalized spacial score (nSPS) is 19.9. The minimum atomic E-state index is 0. The van der Waals surface area contributed by atoms with E-state index in [1.807, 2.05) is 50.1 Å². The molecule has 0 saturated carbocycles. The predicted octanol–water partition coefficient (Wildman–Crippen LogP) is 1.58. The summed E-state index contributed by atoms with van der Waals surface area (Å²) in [5.41, 5.74) is 1.65. The van der Waals surface area contributed by atoms with Crippen molar-refractivity contribution in [1.82, 2.24) is 15.5 Å². The van der Waals surface area contributed by atoms with E-state index in [4.69, 9.17) is 4.74 Å². The van der Waals surface area contributed by atoms with Crippen LogP contribution in [0, 0.1) is 0 Å². The van der Waals surface area contributed by atoms with Crippen molar-refractivity contribution in [2.45, 2.75) is 39.0 Å². The predicted molar refractivity (Wildman–Crippen MR) is 100.0 cm³/mol. The van der Waals surface area contributed by atoms with Crippen LogP contribution >= 0.6 is 12.4 Å². The summed E-state index contributed by atoms with van der Waals surface area (Å²) in [4.78, 5) is 26.0. The molecule has 1 aromatic rings. The molecule has 1 heterocycles. The molecule has 1 fully saturated rings. The smallest absolute Gasteiger partial charge is 0.254 e. The van der Waals surface area contributed by atoms with Crippen LogP contribution in [0.1, 0.15) is 36.2 Å². The summed E-state index contributed by atoms with van der Waals surface area (Å²) in [6.07, 6.45) is 0.579. The molecule has 0 aliphatic carbocycles. The van der Waals surface area contributed by atoms with Gasteiger partial charge in [-0.1, -0.05) is 12.1 Å². The minimum Gasteiger partial charge on any atom is -0.372 e. The van der Waals surface area contributed by atoms with Crippen LogP contribution in [-0.2, 0) is 16.1 Å². The summed E-state index contributed by atoms with van der Waals surface area (Å²) in [5, 5.41) is 5.81. The molecule has 0 radical (unpaired) electrons. The van der Waals surface area contributed by atoms with Crippen molar-refractivity contribution in [1.29, 1.82) is 0 Å². The fourth-order valence-corrected chi connectivity index (χ4v) is 2.82. The Kier molecular flexibility index (Phi) is 8.89. The number of nitrogens with zero attached hydrogens (tertiary/aromatic N) is 1. The van der Waals surface area contributed by atoms with Gasteiger partial charge in [0, 0.05) is 38.2 Å². The summed E-state index contributed by atoms with van der Waals surface area (Å²) < 4.78 is 5.67. The van der Waals surface area contributed by atoms with Crippen LogP contribution in [0.3, 0.4) is 0 Å². The molecule has 7 heteroatoms. The highest BCUT2D eigenvalue weighted by molar-refractivity contribution is 5.94. The van der Waals surface area contributed by atoms with Crippen molar-refractivity contribution >= 4 is 24.2 Å². The van der Waals surface area contributed by atoms with Gasteiger partial charge in [0.1, 0.15) is 0 Å². The van der Waals surface area contributed by atoms with Gasteiger partial charge in [0.05, 0.1) is 12.2 Å². The van der Waals surface area contributed by atoms with Crippen molar-refractivity contribution in [3.63, 3.8) is 0 Å². The van der Waals surface area contributed by atoms with E-state index < -0.39 is 0 Å². The topological polar surface area (TPSA) is 70.7 Å². The number of halogens is 1. The number of carbonyl (C=O) groups excluding carboxylic acids is 2. The zero-order valence-electron chi connectivity index (χ0n) is 15.1. The number of hydrogen-bond acceptors (Lipinski definition) is 4. The van der Waals surface area contributed by atoms with Gasteiger partial charge in [-0.25, -0.2) is 0 Å². The lowest BCUT2D eigenvalue weighted by Crippen LogP contribution is -2.48. The number of nitrogens with one attached hydrogen (secondary N) is 2. The number of morpholine rings is 1. The zero-order valence-corrected chi connectivity index (χ0v) is 15.9. The van der Waals surface area contributed by atoms with Crippen LogP contribution in [0.25, 0.3) is 0 Å². The number of amides is 2. The minimum absolute atomic E-state index is 0. The fourth-order valence-electron chi connectivity index (χ4n) is 2.82. The first-order valence-corrected chi connectivity index (χ1v) is 8.44. The maximum absolute atomic E-state index is 12.6. The number of ether oxygens (including phenoxy) is 1. The van der Waals surface area contributed by atoms with Gasteiger partial charge >= 0.3 is 0 Å². The lowest BCUT2D eigenvalue weighted by molar-refractivity contribution is -0.121. The number of rotatable bonds is 6. The maximum Gasteiger partial charge on any atom is 0.254 e. The van der Waals surface area contributed by atoms with Crippen LogP contribution < -0.4 is 10.6 Å². The summed E-state index contributed by atoms with van der Waals surface area (Å²) in [7, 11) is 1.82. The van der Waals surface area contributed by atoms with Crippen molar-refractivity contribution in [3.05, 3.63) is 35.4 Å². The Morgan fingerprint density at radius 1 is 1.16 bits per heavy atom. The average Bonchev–Trinajstić information content (AvgIpc) is 2.57. The van der Waals surface area contributed by atoms with E-state index in [9.17, 15) is 9.59 Å². The highest BCUT2D eigenvalue weighted by Crippen LogP contribution is 2.15. The first-order valence-electron chi connectivity index (χ1n) is 8.44. The Morgan fingerprint density at radius 2 is 1.76 bits per heavy atom. The van der Waals surface area contributed by atoms with Crippen LogP contribution in [0.5, 0.6) is 0 Å². The Labute approximate surface area is 155 Å². The molecule has 0 aromatic heterocycles. The molecule has 1 aliphatic heterocycles. The molecule has 2 amide bonds. The largest absolute Gasteiger partial charge is 0.372 e. The number of hydrogen-bond donors (Lipinski definition) is 2. The molecule has 1 aliphatic rings. The Hall–Kier alpha value is -1.63. The quantitative estimate of drug-likeness (QED) is 0.798. The third-order valence-electron chi connectivity index (χ3n) is 4.00. The van der Waals surface area contributed by atoms with Gasteiger partial charge in [0.25, 0.3) is 5.91 Å². The summed E-state index contributed by atoms with van der Waals surface area (Å²) in [6, 6.07) is 7.42. The highest BCUT2D eigenvalue weighted by atomic mass is 35.5. The second-order valence-electron chi connectivity index (χ2n) is 6.29. The maximum atomic E-state index is 12.6. The molecule has 2 rings (SSSR count). The Balaban J connectivity index is 0.00000312. The highest BCUT2D eigenvalue weighted by Gasteiger charge is 2.26. The van der Waals surface area contributed by atoms with Gasteiger partial charge in [-0.2, -0.15) is 0 Å². The molecule has 0 bridgehead atoms. The number of carbonyl (C=O) groups is 2. The molecule has 2 N–H and O–H groups in total. The van der Waals surface area contributed by atoms with E-state index in [-0.39, 0.29) is 36.4 Å². The Bertz CT molecular complexity index is 555. The molecule has 6 nitrogen and oxygen atoms in total. The van der Waals surface area contributed by atoms with Crippen LogP contribution in [0.2, 0.25) is 0 Å². The molecular formula is C18H28ClN3O3. The van der Waals surface area contributed by atoms with Crippen molar-refractivity contribution in [2.75, 3.05) is 26.7 Å². The van der Waals surface area contributed by atoms with Crippen molar-refractivity contribution in [2.24, 2.45) is 0 Å². The van der Waals surface area contributed by atoms with Gasteiger partial charge in [-0.15, -0.1) is 12.4 Å². The van der Waals surface area contributed by atoms with Crippen molar-refractivity contribution in [3.8, 4) is 0 Å². The average molecular weight is 370 g/mol. The van der Waals surface area contributed by atoms with Crippen molar-refractivity contribution < 1.29 is 14.3 Å². The summed E-state index contributed by atoms with van der Waals surface area (Å²) >= 11 is 0. The first-order chi connectivity index (χ1) is 11.5. The lowest BCUT2D eigenvalue weighted by atomic mass is 10.1. The van der Waals surface area contributed by atoms with E-state index in [1.54, 1.807) is 0 Å². The molecule has 1 aromatic carbocycles. The molecule has 2 atom stereocenters. The third kappa shape index (κ3) is 6.65. The second-order valence-corrected chi connectivity index (χ2v) is 6.29. The van der Waals surface area contributed by atoms with E-state index >= 15 is 0 Å². The second kappa shape index (κ2) is 10.4. The van der Waals surface area contributed by atoms with E-state index in [0.29, 0.717) is 38.2 Å².